The molecule has 0 radical (unpaired) electrons. The van der Waals surface area contributed by atoms with E-state index in [1.165, 1.54) is 0 Å². The Bertz CT molecular complexity index is 1110. The smallest absolute Gasteiger partial charge is 0.313 e. The number of anilines is 1. The molecule has 0 spiro atoms. The highest BCUT2D eigenvalue weighted by Gasteiger charge is 2.40. The Balaban J connectivity index is 1.44. The molecule has 6 nitrogen and oxygen atoms in total. The predicted molar refractivity (Wildman–Crippen MR) is 113 cm³/mol. The molecule has 4 rings (SSSR count). The van der Waals surface area contributed by atoms with Gasteiger partial charge in [-0.25, -0.2) is 4.98 Å². The topological polar surface area (TPSA) is 75.5 Å². The van der Waals surface area contributed by atoms with Crippen molar-refractivity contribution >= 4 is 46.4 Å². The van der Waals surface area contributed by atoms with Gasteiger partial charge in [0.2, 0.25) is 0 Å². The maximum absolute atomic E-state index is 12.6. The Kier molecular flexibility index (Phi) is 5.23. The van der Waals surface area contributed by atoms with Crippen molar-refractivity contribution in [2.24, 2.45) is 0 Å². The summed E-state index contributed by atoms with van der Waals surface area (Å²) in [5.74, 6) is -1.36. The average molecular weight is 431 g/mol. The van der Waals surface area contributed by atoms with E-state index < -0.39 is 17.4 Å². The van der Waals surface area contributed by atoms with Gasteiger partial charge in [-0.1, -0.05) is 29.3 Å². The summed E-state index contributed by atoms with van der Waals surface area (Å²) in [6, 6.07) is 8.83. The fourth-order valence-corrected chi connectivity index (χ4v) is 4.13. The minimum absolute atomic E-state index is 0.461. The molecule has 0 unspecified atom stereocenters. The predicted octanol–water partition coefficient (Wildman–Crippen LogP) is 4.17. The number of rotatable bonds is 4. The summed E-state index contributed by atoms with van der Waals surface area (Å²) in [4.78, 5) is 29.3. The number of hydrogen-bond acceptors (Lipinski definition) is 3. The molecule has 1 fully saturated rings. The van der Waals surface area contributed by atoms with E-state index in [1.54, 1.807) is 34.9 Å². The molecule has 0 atom stereocenters. The average Bonchev–Trinajstić information content (AvgIpc) is 3.01. The highest BCUT2D eigenvalue weighted by Crippen LogP contribution is 2.37. The highest BCUT2D eigenvalue weighted by molar-refractivity contribution is 6.39. The Morgan fingerprint density at radius 3 is 2.62 bits per heavy atom. The molecule has 29 heavy (non-hydrogen) atoms. The number of pyridine rings is 1. The normalized spacial score (nSPS) is 15.0. The molecule has 8 heteroatoms. The third-order valence-electron chi connectivity index (χ3n) is 5.27. The molecule has 0 saturated heterocycles. The molecule has 0 aliphatic heterocycles. The van der Waals surface area contributed by atoms with E-state index in [2.05, 4.69) is 15.6 Å². The van der Waals surface area contributed by atoms with Crippen LogP contribution in [0.15, 0.2) is 42.7 Å². The van der Waals surface area contributed by atoms with Gasteiger partial charge < -0.3 is 15.0 Å². The van der Waals surface area contributed by atoms with Crippen LogP contribution in [0.1, 0.15) is 30.5 Å². The lowest BCUT2D eigenvalue weighted by Crippen LogP contribution is -2.57. The molecular weight excluding hydrogens is 411 g/mol. The van der Waals surface area contributed by atoms with Crippen LogP contribution >= 0.6 is 23.2 Å². The fraction of sp³-hybridized carbons (Fsp3) is 0.286. The van der Waals surface area contributed by atoms with E-state index in [0.29, 0.717) is 22.2 Å². The zero-order chi connectivity index (χ0) is 20.6. The molecule has 1 aliphatic carbocycles. The minimum atomic E-state index is -0.699. The summed E-state index contributed by atoms with van der Waals surface area (Å²) in [5.41, 5.74) is 2.62. The first-order valence-electron chi connectivity index (χ1n) is 9.36. The zero-order valence-electron chi connectivity index (χ0n) is 15.8. The van der Waals surface area contributed by atoms with E-state index in [9.17, 15) is 9.59 Å². The van der Waals surface area contributed by atoms with Crippen molar-refractivity contribution in [2.45, 2.75) is 38.1 Å². The van der Waals surface area contributed by atoms with Crippen LogP contribution in [-0.2, 0) is 16.0 Å². The van der Waals surface area contributed by atoms with Crippen LogP contribution in [0.4, 0.5) is 5.69 Å². The maximum atomic E-state index is 12.6. The molecule has 2 aromatic heterocycles. The molecule has 150 valence electrons. The highest BCUT2D eigenvalue weighted by atomic mass is 35.5. The van der Waals surface area contributed by atoms with Crippen LogP contribution in [-0.4, -0.2) is 26.7 Å². The Morgan fingerprint density at radius 1 is 1.14 bits per heavy atom. The van der Waals surface area contributed by atoms with E-state index in [4.69, 9.17) is 23.2 Å². The Morgan fingerprint density at radius 2 is 1.93 bits per heavy atom. The standard InChI is InChI=1S/C21H20Cl2N4O2/c1-13-11-27-12-16(5-6-18(27)24-13)25-19(28)20(29)26-21(7-2-8-21)10-14-3-4-15(22)9-17(14)23/h3-6,9,11-12H,2,7-8,10H2,1H3,(H,25,28)(H,26,29). The lowest BCUT2D eigenvalue weighted by atomic mass is 9.72. The monoisotopic (exact) mass is 430 g/mol. The molecule has 3 aromatic rings. The molecular formula is C21H20Cl2N4O2. The van der Waals surface area contributed by atoms with Gasteiger partial charge in [-0.3, -0.25) is 9.59 Å². The van der Waals surface area contributed by atoms with Gasteiger partial charge in [0.05, 0.1) is 11.4 Å². The number of halogens is 2. The number of nitrogens with one attached hydrogen (secondary N) is 2. The number of carbonyl (C=O) groups is 2. The maximum Gasteiger partial charge on any atom is 0.313 e. The van der Waals surface area contributed by atoms with E-state index >= 15 is 0 Å². The number of hydrogen-bond donors (Lipinski definition) is 2. The van der Waals surface area contributed by atoms with Gasteiger partial charge in [0.25, 0.3) is 0 Å². The molecule has 0 bridgehead atoms. The summed E-state index contributed by atoms with van der Waals surface area (Å²) in [6.07, 6.45) is 6.72. The lowest BCUT2D eigenvalue weighted by Gasteiger charge is -2.42. The van der Waals surface area contributed by atoms with Crippen LogP contribution in [0.2, 0.25) is 10.0 Å². The Labute approximate surface area is 178 Å². The van der Waals surface area contributed by atoms with Crippen LogP contribution < -0.4 is 10.6 Å². The molecule has 2 heterocycles. The van der Waals surface area contributed by atoms with Crippen LogP contribution in [0.25, 0.3) is 5.65 Å². The second-order valence-corrected chi connectivity index (χ2v) is 8.36. The number of carbonyl (C=O) groups excluding carboxylic acids is 2. The van der Waals surface area contributed by atoms with Crippen molar-refractivity contribution in [1.82, 2.24) is 14.7 Å². The van der Waals surface area contributed by atoms with Gasteiger partial charge in [0, 0.05) is 28.0 Å². The molecule has 2 amide bonds. The largest absolute Gasteiger partial charge is 0.342 e. The van der Waals surface area contributed by atoms with E-state index in [0.717, 1.165) is 36.2 Å². The number of imidazole rings is 1. The van der Waals surface area contributed by atoms with Crippen LogP contribution in [0, 0.1) is 6.92 Å². The Hall–Kier alpha value is -2.57. The van der Waals surface area contributed by atoms with Crippen LogP contribution in [0.3, 0.4) is 0 Å². The minimum Gasteiger partial charge on any atom is -0.342 e. The number of nitrogens with zero attached hydrogens (tertiary/aromatic N) is 2. The lowest BCUT2D eigenvalue weighted by molar-refractivity contribution is -0.138. The van der Waals surface area contributed by atoms with Crippen molar-refractivity contribution < 1.29 is 9.59 Å². The van der Waals surface area contributed by atoms with E-state index in [-0.39, 0.29) is 0 Å². The summed E-state index contributed by atoms with van der Waals surface area (Å²) in [5, 5.41) is 6.70. The van der Waals surface area contributed by atoms with Crippen LogP contribution in [0.5, 0.6) is 0 Å². The first-order valence-corrected chi connectivity index (χ1v) is 10.1. The quantitative estimate of drug-likeness (QED) is 0.609. The first-order chi connectivity index (χ1) is 13.8. The molecule has 1 aliphatic rings. The number of fused-ring (bicyclic) bond motifs is 1. The first kappa shape index (κ1) is 19.7. The van der Waals surface area contributed by atoms with Crippen molar-refractivity contribution in [2.75, 3.05) is 5.32 Å². The zero-order valence-corrected chi connectivity index (χ0v) is 17.3. The van der Waals surface area contributed by atoms with Crippen molar-refractivity contribution in [3.05, 3.63) is 64.0 Å². The van der Waals surface area contributed by atoms with Gasteiger partial charge in [-0.15, -0.1) is 0 Å². The fourth-order valence-electron chi connectivity index (χ4n) is 3.66. The van der Waals surface area contributed by atoms with Gasteiger partial charge >= 0.3 is 11.8 Å². The van der Waals surface area contributed by atoms with Gasteiger partial charge in [-0.05, 0) is 62.4 Å². The van der Waals surface area contributed by atoms with Crippen molar-refractivity contribution in [3.63, 3.8) is 0 Å². The number of benzene rings is 1. The second-order valence-electron chi connectivity index (χ2n) is 7.52. The number of aryl methyl sites for hydroxylation is 1. The van der Waals surface area contributed by atoms with Crippen molar-refractivity contribution in [3.8, 4) is 0 Å². The molecule has 1 aromatic carbocycles. The SMILES string of the molecule is Cc1cn2cc(NC(=O)C(=O)NC3(Cc4ccc(Cl)cc4Cl)CCC3)ccc2n1. The molecule has 2 N–H and O–H groups in total. The van der Waals surface area contributed by atoms with Crippen molar-refractivity contribution in [1.29, 1.82) is 0 Å². The summed E-state index contributed by atoms with van der Waals surface area (Å²) in [7, 11) is 0. The number of amides is 2. The third-order valence-corrected chi connectivity index (χ3v) is 5.86. The van der Waals surface area contributed by atoms with Gasteiger partial charge in [0.1, 0.15) is 5.65 Å². The summed E-state index contributed by atoms with van der Waals surface area (Å²) in [6.45, 7) is 1.89. The van der Waals surface area contributed by atoms with Gasteiger partial charge in [0.15, 0.2) is 0 Å². The summed E-state index contributed by atoms with van der Waals surface area (Å²) >= 11 is 12.3. The van der Waals surface area contributed by atoms with E-state index in [1.807, 2.05) is 19.2 Å². The van der Waals surface area contributed by atoms with Gasteiger partial charge in [-0.2, -0.15) is 0 Å². The number of aromatic nitrogens is 2. The third kappa shape index (κ3) is 4.23. The molecule has 1 saturated carbocycles. The second kappa shape index (κ2) is 7.69. The summed E-state index contributed by atoms with van der Waals surface area (Å²) < 4.78 is 1.80.